The van der Waals surface area contributed by atoms with Crippen LogP contribution in [0.5, 0.6) is 0 Å². The van der Waals surface area contributed by atoms with Gasteiger partial charge in [0.1, 0.15) is 0 Å². The molecule has 0 rings (SSSR count). The highest BCUT2D eigenvalue weighted by Gasteiger charge is 1.76. The van der Waals surface area contributed by atoms with Gasteiger partial charge in [-0.25, -0.2) is 0 Å². The average molecular weight is 86.8 g/mol. The third-order valence-corrected chi connectivity index (χ3v) is 0.966. The van der Waals surface area contributed by atoms with Gasteiger partial charge in [0.25, 0.3) is 0 Å². The van der Waals surface area contributed by atoms with Crippen LogP contribution in [0.25, 0.3) is 0 Å². The Balaban J connectivity index is 2.19. The Morgan fingerprint density at radius 2 is 2.40 bits per heavy atom. The largest absolute Gasteiger partial charge is 0.288 e. The van der Waals surface area contributed by atoms with Crippen molar-refractivity contribution in [1.82, 2.24) is 0 Å². The van der Waals surface area contributed by atoms with Gasteiger partial charge in [-0.1, -0.05) is 6.82 Å². The van der Waals surface area contributed by atoms with Crippen molar-refractivity contribution in [3.8, 4) is 0 Å². The molecular formula is CH7B2NS. The molecule has 0 atom stereocenters. The van der Waals surface area contributed by atoms with Gasteiger partial charge in [-0.2, -0.15) is 11.8 Å². The van der Waals surface area contributed by atoms with Gasteiger partial charge in [-0.05, 0) is 0 Å². The number of hydrogen-bond donors (Lipinski definition) is 1. The van der Waals surface area contributed by atoms with Crippen molar-refractivity contribution in [1.29, 1.82) is 0 Å². The highest BCUT2D eigenvalue weighted by atomic mass is 32.2. The lowest BCUT2D eigenvalue weighted by atomic mass is 9.57. The lowest BCUT2D eigenvalue weighted by molar-refractivity contribution is 2.07. The van der Waals surface area contributed by atoms with Crippen molar-refractivity contribution < 1.29 is 0 Å². The fourth-order valence-electron chi connectivity index (χ4n) is 0.118. The molecule has 0 saturated heterocycles. The Morgan fingerprint density at radius 3 is 2.40 bits per heavy atom. The average Bonchev–Trinajstić information content (AvgIpc) is 1.41. The van der Waals surface area contributed by atoms with Crippen LogP contribution >= 0.6 is 11.8 Å². The second kappa shape index (κ2) is 4.44. The zero-order valence-electron chi connectivity index (χ0n) is 3.40. The minimum absolute atomic E-state index is 1.08. The molecule has 2 N–H and O–H groups in total. The van der Waals surface area contributed by atoms with Crippen LogP contribution in [-0.2, 0) is 0 Å². The van der Waals surface area contributed by atoms with E-state index in [1.165, 1.54) is 19.0 Å². The van der Waals surface area contributed by atoms with Crippen LogP contribution < -0.4 is 5.14 Å². The number of nitrogens with two attached hydrogens (primary N) is 1. The molecule has 0 saturated carbocycles. The smallest absolute Gasteiger partial charge is 0.175 e. The fourth-order valence-corrected chi connectivity index (χ4v) is 0.354. The van der Waals surface area contributed by atoms with Crippen LogP contribution in [0, 0.1) is 0 Å². The summed E-state index contributed by atoms with van der Waals surface area (Å²) in [5.74, 6) is 0. The van der Waals surface area contributed by atoms with Crippen molar-refractivity contribution in [2.75, 3.05) is 0 Å². The second-order valence-electron chi connectivity index (χ2n) is 0.871. The van der Waals surface area contributed by atoms with Crippen LogP contribution in [0.4, 0.5) is 0 Å². The highest BCUT2D eigenvalue weighted by molar-refractivity contribution is 8.24. The van der Waals surface area contributed by atoms with Gasteiger partial charge >= 0.3 is 0 Å². The molecule has 28 valence electrons. The topological polar surface area (TPSA) is 26.0 Å². The van der Waals surface area contributed by atoms with E-state index in [0.717, 1.165) is 6.45 Å². The molecule has 0 aromatic carbocycles. The molecule has 0 aliphatic carbocycles. The molecule has 0 aromatic heterocycles. The maximum absolute atomic E-state index is 5.06. The SMILES string of the molecule is CBBSN. The summed E-state index contributed by atoms with van der Waals surface area (Å²) in [6.45, 7) is 2.11. The van der Waals surface area contributed by atoms with E-state index in [4.69, 9.17) is 5.14 Å². The molecule has 1 nitrogen and oxygen atoms in total. The van der Waals surface area contributed by atoms with Crippen LogP contribution in [-0.4, -0.2) is 13.6 Å². The van der Waals surface area contributed by atoms with E-state index in [2.05, 4.69) is 6.82 Å². The molecule has 0 bridgehead atoms. The first-order valence-corrected chi connectivity index (χ1v) is 2.78. The van der Waals surface area contributed by atoms with E-state index < -0.39 is 0 Å². The van der Waals surface area contributed by atoms with E-state index in [1.54, 1.807) is 0 Å². The van der Waals surface area contributed by atoms with E-state index in [9.17, 15) is 0 Å². The van der Waals surface area contributed by atoms with Gasteiger partial charge in [0, 0.05) is 0 Å². The molecule has 0 spiro atoms. The first-order valence-electron chi connectivity index (χ1n) is 1.73. The van der Waals surface area contributed by atoms with Crippen LogP contribution in [0.2, 0.25) is 6.82 Å². The van der Waals surface area contributed by atoms with E-state index >= 15 is 0 Å². The van der Waals surface area contributed by atoms with Crippen LogP contribution in [0.1, 0.15) is 0 Å². The molecule has 0 aliphatic heterocycles. The Labute approximate surface area is 38.2 Å². The molecule has 0 amide bonds. The monoisotopic (exact) mass is 87.0 g/mol. The van der Waals surface area contributed by atoms with Crippen molar-refractivity contribution in [3.63, 3.8) is 0 Å². The van der Waals surface area contributed by atoms with Crippen molar-refractivity contribution in [2.24, 2.45) is 5.14 Å². The molecule has 0 aromatic rings. The van der Waals surface area contributed by atoms with Gasteiger partial charge in [-0.15, -0.1) is 0 Å². The Hall–Kier alpha value is 0.440. The van der Waals surface area contributed by atoms with Gasteiger partial charge in [0.15, 0.2) is 6.45 Å². The van der Waals surface area contributed by atoms with Gasteiger partial charge in [0.2, 0.25) is 0 Å². The highest BCUT2D eigenvalue weighted by Crippen LogP contribution is 1.72. The van der Waals surface area contributed by atoms with Gasteiger partial charge < -0.3 is 0 Å². The number of rotatable bonds is 2. The third kappa shape index (κ3) is 4.44. The molecule has 0 unspecified atom stereocenters. The summed E-state index contributed by atoms with van der Waals surface area (Å²) in [5, 5.41) is 5.06. The van der Waals surface area contributed by atoms with Crippen molar-refractivity contribution in [2.45, 2.75) is 6.82 Å². The predicted molar refractivity (Wildman–Crippen MR) is 31.9 cm³/mol. The summed E-state index contributed by atoms with van der Waals surface area (Å²) in [5.41, 5.74) is 0. The summed E-state index contributed by atoms with van der Waals surface area (Å²) >= 11 is 1.40. The van der Waals surface area contributed by atoms with Crippen LogP contribution in [0.15, 0.2) is 0 Å². The molecular weight excluding hydrogens is 79.7 g/mol. The molecule has 0 heterocycles. The summed E-state index contributed by atoms with van der Waals surface area (Å²) < 4.78 is 0. The summed E-state index contributed by atoms with van der Waals surface area (Å²) in [7, 11) is 1.18. The number of hydrogen-bond acceptors (Lipinski definition) is 2. The lowest BCUT2D eigenvalue weighted by Crippen LogP contribution is -1.95. The Kier molecular flexibility index (Phi) is 4.83. The quantitative estimate of drug-likeness (QED) is 0.357. The minimum Gasteiger partial charge on any atom is -0.288 e. The van der Waals surface area contributed by atoms with Crippen LogP contribution in [0.3, 0.4) is 0 Å². The molecule has 5 heavy (non-hydrogen) atoms. The summed E-state index contributed by atoms with van der Waals surface area (Å²) in [6.07, 6.45) is 1.08. The molecule has 4 heteroatoms. The maximum atomic E-state index is 5.06. The van der Waals surface area contributed by atoms with E-state index in [-0.39, 0.29) is 0 Å². The molecule has 0 aliphatic rings. The zero-order valence-corrected chi connectivity index (χ0v) is 4.22. The Morgan fingerprint density at radius 1 is 1.80 bits per heavy atom. The Bertz CT molecular complexity index is 17.1. The first-order chi connectivity index (χ1) is 2.41. The zero-order chi connectivity index (χ0) is 4.12. The first kappa shape index (κ1) is 5.44. The fraction of sp³-hybridized carbons (Fsp3) is 1.00. The summed E-state index contributed by atoms with van der Waals surface area (Å²) in [4.78, 5) is 0. The molecule has 0 fully saturated rings. The molecule has 0 radical (unpaired) electrons. The minimum atomic E-state index is 1.08. The van der Waals surface area contributed by atoms with Crippen molar-refractivity contribution >= 4 is 25.4 Å². The summed E-state index contributed by atoms with van der Waals surface area (Å²) in [6, 6.07) is 0. The van der Waals surface area contributed by atoms with Gasteiger partial charge in [-0.3, -0.25) is 5.14 Å². The normalized spacial score (nSPS) is 6.80. The maximum Gasteiger partial charge on any atom is 0.175 e. The van der Waals surface area contributed by atoms with E-state index in [0.29, 0.717) is 0 Å². The second-order valence-corrected chi connectivity index (χ2v) is 1.61. The third-order valence-electron chi connectivity index (χ3n) is 0.322. The lowest BCUT2D eigenvalue weighted by Gasteiger charge is -1.74. The predicted octanol–water partition coefficient (Wildman–Crippen LogP) is -0.656. The standard InChI is InChI=1S/CH7B2NS/c1-2-3-5-4/h2-3H,4H2,1H3. The van der Waals surface area contributed by atoms with Gasteiger partial charge in [0.05, 0.1) is 7.17 Å². The van der Waals surface area contributed by atoms with Crippen molar-refractivity contribution in [3.05, 3.63) is 0 Å². The van der Waals surface area contributed by atoms with E-state index in [1.807, 2.05) is 0 Å².